The average molecular weight is 397 g/mol. The number of unbranched alkanes of at least 4 members (excludes halogenated alkanes) is 4. The van der Waals surface area contributed by atoms with Gasteiger partial charge in [-0.05, 0) is 50.2 Å². The Balaban J connectivity index is -0.000000124. The van der Waals surface area contributed by atoms with Crippen LogP contribution >= 0.6 is 0 Å². The predicted molar refractivity (Wildman–Crippen MR) is 139 cm³/mol. The fourth-order valence-electron chi connectivity index (χ4n) is 2.78. The molecule has 0 rings (SSSR count). The van der Waals surface area contributed by atoms with Gasteiger partial charge in [0.2, 0.25) is 0 Å². The summed E-state index contributed by atoms with van der Waals surface area (Å²) in [6.45, 7) is 27.6. The first kappa shape index (κ1) is 37.9. The van der Waals surface area contributed by atoms with Crippen molar-refractivity contribution in [1.82, 2.24) is 0 Å². The molecule has 0 bridgehead atoms. The maximum atomic E-state index is 3.97. The summed E-state index contributed by atoms with van der Waals surface area (Å²) in [6.07, 6.45) is 16.3. The summed E-state index contributed by atoms with van der Waals surface area (Å²) in [6, 6.07) is 0. The molecule has 0 aliphatic rings. The second kappa shape index (κ2) is 33.8. The Bertz CT molecular complexity index is 322. The van der Waals surface area contributed by atoms with Gasteiger partial charge >= 0.3 is 0 Å². The van der Waals surface area contributed by atoms with Crippen molar-refractivity contribution in [2.24, 2.45) is 5.92 Å². The summed E-state index contributed by atoms with van der Waals surface area (Å²) in [4.78, 5) is 0. The lowest BCUT2D eigenvalue weighted by atomic mass is 9.89. The quantitative estimate of drug-likeness (QED) is 0.240. The number of allylic oxidation sites excluding steroid dienone is 5. The molecule has 0 heteroatoms. The van der Waals surface area contributed by atoms with Crippen molar-refractivity contribution < 1.29 is 0 Å². The predicted octanol–water partition coefficient (Wildman–Crippen LogP) is 11.3. The number of rotatable bonds is 11. The highest BCUT2D eigenvalue weighted by Crippen LogP contribution is 2.24. The third-order valence-corrected chi connectivity index (χ3v) is 4.41. The van der Waals surface area contributed by atoms with Crippen LogP contribution in [0, 0.1) is 5.92 Å². The highest BCUT2D eigenvalue weighted by molar-refractivity contribution is 5.33. The van der Waals surface area contributed by atoms with Crippen molar-refractivity contribution in [3.63, 3.8) is 0 Å². The van der Waals surface area contributed by atoms with Crippen LogP contribution in [-0.2, 0) is 0 Å². The Hall–Kier alpha value is -0.780. The fourth-order valence-corrected chi connectivity index (χ4v) is 2.78. The molecule has 0 amide bonds. The highest BCUT2D eigenvalue weighted by atomic mass is 14.1. The van der Waals surface area contributed by atoms with Crippen molar-refractivity contribution in [3.8, 4) is 0 Å². The molecular weight excluding hydrogens is 336 g/mol. The van der Waals surface area contributed by atoms with Crippen LogP contribution in [0.25, 0.3) is 0 Å². The summed E-state index contributed by atoms with van der Waals surface area (Å²) in [5, 5.41) is 0. The molecule has 0 heterocycles. The van der Waals surface area contributed by atoms with Gasteiger partial charge in [-0.15, -0.1) is 0 Å². The van der Waals surface area contributed by atoms with Gasteiger partial charge < -0.3 is 0 Å². The van der Waals surface area contributed by atoms with E-state index in [1.54, 1.807) is 0 Å². The SMILES string of the molecule is C.C=C/C(=C\C(CC)=C(C)C)C(CC)CCC.CC.CC.CCCCCCC. The first-order valence-corrected chi connectivity index (χ1v) is 12.0. The molecule has 0 saturated carbocycles. The molecule has 1 atom stereocenters. The molecule has 28 heavy (non-hydrogen) atoms. The molecule has 172 valence electrons. The van der Waals surface area contributed by atoms with Gasteiger partial charge in [0.15, 0.2) is 0 Å². The van der Waals surface area contributed by atoms with Crippen molar-refractivity contribution in [2.75, 3.05) is 0 Å². The van der Waals surface area contributed by atoms with Crippen molar-refractivity contribution in [2.45, 2.75) is 141 Å². The zero-order valence-corrected chi connectivity index (χ0v) is 21.3. The van der Waals surface area contributed by atoms with Crippen molar-refractivity contribution in [3.05, 3.63) is 35.5 Å². The van der Waals surface area contributed by atoms with Crippen LogP contribution in [-0.4, -0.2) is 0 Å². The van der Waals surface area contributed by atoms with Gasteiger partial charge in [0.05, 0.1) is 0 Å². The van der Waals surface area contributed by atoms with E-state index < -0.39 is 0 Å². The molecule has 0 aromatic rings. The third kappa shape index (κ3) is 25.2. The third-order valence-electron chi connectivity index (χ3n) is 4.41. The van der Waals surface area contributed by atoms with Gasteiger partial charge in [-0.2, -0.15) is 0 Å². The Morgan fingerprint density at radius 1 is 0.786 bits per heavy atom. The van der Waals surface area contributed by atoms with Crippen LogP contribution in [0.1, 0.15) is 141 Å². The minimum Gasteiger partial charge on any atom is -0.0988 e. The van der Waals surface area contributed by atoms with Crippen molar-refractivity contribution >= 4 is 0 Å². The van der Waals surface area contributed by atoms with E-state index in [1.807, 2.05) is 33.8 Å². The Morgan fingerprint density at radius 2 is 1.25 bits per heavy atom. The Labute approximate surface area is 183 Å². The maximum Gasteiger partial charge on any atom is -0.0165 e. The Kier molecular flexibility index (Phi) is 45.7. The summed E-state index contributed by atoms with van der Waals surface area (Å²) >= 11 is 0. The van der Waals surface area contributed by atoms with Gasteiger partial charge in [-0.25, -0.2) is 0 Å². The second-order valence-corrected chi connectivity index (χ2v) is 6.68. The number of hydrogen-bond donors (Lipinski definition) is 0. The first-order chi connectivity index (χ1) is 13.0. The van der Waals surface area contributed by atoms with E-state index in [1.165, 1.54) is 68.1 Å². The van der Waals surface area contributed by atoms with Gasteiger partial charge in [-0.1, -0.05) is 133 Å². The molecular formula is C28H60. The summed E-state index contributed by atoms with van der Waals surface area (Å²) in [5.41, 5.74) is 4.31. The lowest BCUT2D eigenvalue weighted by Crippen LogP contribution is -2.01. The summed E-state index contributed by atoms with van der Waals surface area (Å²) in [5.74, 6) is 0.684. The molecule has 0 fully saturated rings. The zero-order chi connectivity index (χ0) is 22.1. The Morgan fingerprint density at radius 3 is 1.50 bits per heavy atom. The topological polar surface area (TPSA) is 0 Å². The smallest absolute Gasteiger partial charge is 0.0165 e. The molecule has 0 aromatic carbocycles. The van der Waals surface area contributed by atoms with Gasteiger partial charge in [-0.3, -0.25) is 0 Å². The molecule has 0 aliphatic heterocycles. The molecule has 0 aliphatic carbocycles. The molecule has 0 nitrogen and oxygen atoms in total. The molecule has 0 spiro atoms. The fraction of sp³-hybridized carbons (Fsp3) is 0.786. The largest absolute Gasteiger partial charge is 0.0988 e. The zero-order valence-electron chi connectivity index (χ0n) is 21.3. The molecule has 0 aromatic heterocycles. The first-order valence-electron chi connectivity index (χ1n) is 12.0. The maximum absolute atomic E-state index is 3.97. The van der Waals surface area contributed by atoms with E-state index >= 15 is 0 Å². The van der Waals surface area contributed by atoms with Crippen LogP contribution < -0.4 is 0 Å². The van der Waals surface area contributed by atoms with E-state index in [4.69, 9.17) is 0 Å². The lowest BCUT2D eigenvalue weighted by Gasteiger charge is -2.16. The van der Waals surface area contributed by atoms with E-state index in [0.29, 0.717) is 5.92 Å². The van der Waals surface area contributed by atoms with Crippen LogP contribution in [0.15, 0.2) is 35.5 Å². The van der Waals surface area contributed by atoms with Crippen molar-refractivity contribution in [1.29, 1.82) is 0 Å². The van der Waals surface area contributed by atoms with E-state index in [-0.39, 0.29) is 7.43 Å². The minimum absolute atomic E-state index is 0. The van der Waals surface area contributed by atoms with Crippen LogP contribution in [0.4, 0.5) is 0 Å². The molecule has 1 unspecified atom stereocenters. The highest BCUT2D eigenvalue weighted by Gasteiger charge is 2.09. The molecule has 0 saturated heterocycles. The summed E-state index contributed by atoms with van der Waals surface area (Å²) < 4.78 is 0. The summed E-state index contributed by atoms with van der Waals surface area (Å²) in [7, 11) is 0. The average Bonchev–Trinajstić information content (AvgIpc) is 2.71. The standard InChI is InChI=1S/C16H28.C7H16.2C2H6.CH4/c1-7-11-14(8-2)16(10-4)12-15(9-3)13(5)6;1-3-5-7-6-4-2;2*1-2;/h10,12,14H,4,7-9,11H2,1-3,5-6H3;3-7H2,1-2H3;2*1-2H3;1H4/b16-12+;;;;. The van der Waals surface area contributed by atoms with E-state index in [0.717, 1.165) is 6.42 Å². The van der Waals surface area contributed by atoms with E-state index in [9.17, 15) is 0 Å². The molecule has 0 radical (unpaired) electrons. The monoisotopic (exact) mass is 396 g/mol. The number of hydrogen-bond acceptors (Lipinski definition) is 0. The minimum atomic E-state index is 0. The van der Waals surface area contributed by atoms with Crippen LogP contribution in [0.5, 0.6) is 0 Å². The van der Waals surface area contributed by atoms with Gasteiger partial charge in [0.1, 0.15) is 0 Å². The van der Waals surface area contributed by atoms with Crippen LogP contribution in [0.3, 0.4) is 0 Å². The van der Waals surface area contributed by atoms with E-state index in [2.05, 4.69) is 61.1 Å². The van der Waals surface area contributed by atoms with Gasteiger partial charge in [0, 0.05) is 0 Å². The lowest BCUT2D eigenvalue weighted by molar-refractivity contribution is 0.543. The second-order valence-electron chi connectivity index (χ2n) is 6.68. The van der Waals surface area contributed by atoms with Crippen LogP contribution in [0.2, 0.25) is 0 Å². The normalized spacial score (nSPS) is 10.5. The molecule has 0 N–H and O–H groups in total. The van der Waals surface area contributed by atoms with Gasteiger partial charge in [0.25, 0.3) is 0 Å².